The maximum absolute atomic E-state index is 3.19. The minimum atomic E-state index is 0. The van der Waals surface area contributed by atoms with Crippen LogP contribution in [0.25, 0.3) is 0 Å². The molecule has 0 bridgehead atoms. The van der Waals surface area contributed by atoms with E-state index in [-0.39, 0.29) is 35.6 Å². The SMILES string of the molecule is CCCC(C)C1=CC[C-]=C1.CCCC(C)C1=CC[C-]=C1.[F-].[F-].[Zr+2]. The van der Waals surface area contributed by atoms with E-state index in [1.807, 2.05) is 0 Å². The monoisotopic (exact) mass is 398 g/mol. The summed E-state index contributed by atoms with van der Waals surface area (Å²) >= 11 is 0. The van der Waals surface area contributed by atoms with Gasteiger partial charge >= 0.3 is 26.2 Å². The predicted molar refractivity (Wildman–Crippen MR) is 89.2 cm³/mol. The maximum atomic E-state index is 3.19. The first-order valence-electron chi connectivity index (χ1n) is 8.22. The standard InChI is InChI=1S/2C10H15.2FH.Zr/c2*1-3-6-9(2)10-7-4-5-8-10;;;/h2*7-9H,3-4,6H2,1-2H3;2*1H;/q2*-1;;;+2/p-2. The van der Waals surface area contributed by atoms with Crippen molar-refractivity contribution in [1.29, 1.82) is 0 Å². The molecule has 0 saturated carbocycles. The van der Waals surface area contributed by atoms with Gasteiger partial charge in [-0.05, 0) is 0 Å². The first-order valence-corrected chi connectivity index (χ1v) is 8.22. The van der Waals surface area contributed by atoms with E-state index in [9.17, 15) is 0 Å². The Morgan fingerprint density at radius 2 is 1.17 bits per heavy atom. The third-order valence-electron chi connectivity index (χ3n) is 4.03. The van der Waals surface area contributed by atoms with Crippen LogP contribution < -0.4 is 9.41 Å². The summed E-state index contributed by atoms with van der Waals surface area (Å²) in [5, 5.41) is 0. The Morgan fingerprint density at radius 1 is 0.826 bits per heavy atom. The van der Waals surface area contributed by atoms with Gasteiger partial charge in [0.2, 0.25) is 0 Å². The third-order valence-corrected chi connectivity index (χ3v) is 4.03. The van der Waals surface area contributed by atoms with Gasteiger partial charge < -0.3 is 9.41 Å². The zero-order valence-electron chi connectivity index (χ0n) is 15.0. The second-order valence-corrected chi connectivity index (χ2v) is 5.89. The van der Waals surface area contributed by atoms with E-state index < -0.39 is 0 Å². The van der Waals surface area contributed by atoms with Crippen molar-refractivity contribution in [2.45, 2.75) is 66.2 Å². The largest absolute Gasteiger partial charge is 2.00 e. The summed E-state index contributed by atoms with van der Waals surface area (Å²) in [5.74, 6) is 1.50. The van der Waals surface area contributed by atoms with Crippen molar-refractivity contribution in [2.75, 3.05) is 0 Å². The second-order valence-electron chi connectivity index (χ2n) is 5.89. The minimum absolute atomic E-state index is 0. The van der Waals surface area contributed by atoms with Crippen LogP contribution >= 0.6 is 0 Å². The quantitative estimate of drug-likeness (QED) is 0.561. The van der Waals surface area contributed by atoms with E-state index in [0.717, 1.165) is 24.7 Å². The molecule has 2 aliphatic rings. The zero-order chi connectivity index (χ0) is 14.8. The van der Waals surface area contributed by atoms with Crippen LogP contribution in [0, 0.1) is 24.0 Å². The molecule has 0 heterocycles. The van der Waals surface area contributed by atoms with E-state index >= 15 is 0 Å². The van der Waals surface area contributed by atoms with E-state index in [1.54, 1.807) is 0 Å². The molecule has 130 valence electrons. The summed E-state index contributed by atoms with van der Waals surface area (Å²) in [6.45, 7) is 9.05. The van der Waals surface area contributed by atoms with Crippen LogP contribution in [0.4, 0.5) is 0 Å². The Labute approximate surface area is 161 Å². The molecular formula is C20H30F2Zr-2. The smallest absolute Gasteiger partial charge is 1.00 e. The molecule has 0 aliphatic heterocycles. The molecule has 0 fully saturated rings. The normalized spacial score (nSPS) is 16.7. The molecule has 0 aromatic carbocycles. The minimum Gasteiger partial charge on any atom is -1.00 e. The van der Waals surface area contributed by atoms with Gasteiger partial charge in [0, 0.05) is 0 Å². The Morgan fingerprint density at radius 3 is 1.39 bits per heavy atom. The predicted octanol–water partition coefficient (Wildman–Crippen LogP) is 0.230. The van der Waals surface area contributed by atoms with Crippen LogP contribution in [0.1, 0.15) is 66.2 Å². The second kappa shape index (κ2) is 16.6. The molecule has 3 heteroatoms. The molecule has 0 aromatic rings. The first kappa shape index (κ1) is 27.5. The molecule has 0 saturated heterocycles. The summed E-state index contributed by atoms with van der Waals surface area (Å²) in [7, 11) is 0. The number of hydrogen-bond acceptors (Lipinski definition) is 0. The summed E-state index contributed by atoms with van der Waals surface area (Å²) in [4.78, 5) is 0. The van der Waals surface area contributed by atoms with Crippen molar-refractivity contribution in [3.8, 4) is 0 Å². The molecule has 0 N–H and O–H groups in total. The van der Waals surface area contributed by atoms with Gasteiger partial charge in [0.05, 0.1) is 0 Å². The van der Waals surface area contributed by atoms with Crippen LogP contribution in [0.2, 0.25) is 0 Å². The fourth-order valence-corrected chi connectivity index (χ4v) is 2.71. The average Bonchev–Trinajstić information content (AvgIpc) is 3.14. The Hall–Kier alpha value is -0.297. The van der Waals surface area contributed by atoms with Gasteiger partial charge in [-0.2, -0.15) is 23.3 Å². The van der Waals surface area contributed by atoms with E-state index in [0.29, 0.717) is 0 Å². The Balaban J connectivity index is -0.000000308. The van der Waals surface area contributed by atoms with Crippen LogP contribution in [0.3, 0.4) is 0 Å². The molecule has 23 heavy (non-hydrogen) atoms. The van der Waals surface area contributed by atoms with E-state index in [2.05, 4.69) is 64.2 Å². The number of allylic oxidation sites excluding steroid dienone is 8. The molecule has 0 nitrogen and oxygen atoms in total. The molecule has 2 aliphatic carbocycles. The average molecular weight is 400 g/mol. The number of rotatable bonds is 6. The molecule has 0 aromatic heterocycles. The van der Waals surface area contributed by atoms with Crippen molar-refractivity contribution in [2.24, 2.45) is 11.8 Å². The van der Waals surface area contributed by atoms with Gasteiger partial charge in [-0.25, -0.2) is 12.2 Å². The Bertz CT molecular complexity index is 356. The number of hydrogen-bond donors (Lipinski definition) is 0. The van der Waals surface area contributed by atoms with Crippen molar-refractivity contribution >= 4 is 0 Å². The van der Waals surface area contributed by atoms with Crippen LogP contribution in [-0.2, 0) is 26.2 Å². The molecule has 2 rings (SSSR count). The van der Waals surface area contributed by atoms with Crippen LogP contribution in [0.15, 0.2) is 35.5 Å². The molecular weight excluding hydrogens is 369 g/mol. The van der Waals surface area contributed by atoms with Crippen LogP contribution in [-0.4, -0.2) is 0 Å². The maximum Gasteiger partial charge on any atom is 2.00 e. The summed E-state index contributed by atoms with van der Waals surface area (Å²) in [6, 6.07) is 0. The fraction of sp³-hybridized carbons (Fsp3) is 0.600. The van der Waals surface area contributed by atoms with Crippen molar-refractivity contribution in [1.82, 2.24) is 0 Å². The fourth-order valence-electron chi connectivity index (χ4n) is 2.71. The third kappa shape index (κ3) is 11.0. The Kier molecular flexibility index (Phi) is 19.8. The van der Waals surface area contributed by atoms with Crippen molar-refractivity contribution in [3.05, 3.63) is 47.6 Å². The van der Waals surface area contributed by atoms with Gasteiger partial charge in [0.1, 0.15) is 0 Å². The van der Waals surface area contributed by atoms with Gasteiger partial charge in [0.25, 0.3) is 0 Å². The first-order chi connectivity index (χ1) is 9.69. The van der Waals surface area contributed by atoms with Gasteiger partial charge in [0.15, 0.2) is 0 Å². The van der Waals surface area contributed by atoms with E-state index in [1.165, 1.54) is 36.8 Å². The van der Waals surface area contributed by atoms with Gasteiger partial charge in [-0.1, -0.05) is 65.2 Å². The topological polar surface area (TPSA) is 0 Å². The van der Waals surface area contributed by atoms with Gasteiger partial charge in [-0.3, -0.25) is 12.2 Å². The summed E-state index contributed by atoms with van der Waals surface area (Å²) < 4.78 is 0. The summed E-state index contributed by atoms with van der Waals surface area (Å²) in [6.07, 6.45) is 22.5. The molecule has 2 unspecified atom stereocenters. The summed E-state index contributed by atoms with van der Waals surface area (Å²) in [5.41, 5.74) is 2.98. The van der Waals surface area contributed by atoms with Crippen LogP contribution in [0.5, 0.6) is 0 Å². The zero-order valence-corrected chi connectivity index (χ0v) is 17.4. The number of halogens is 2. The van der Waals surface area contributed by atoms with Gasteiger partial charge in [-0.15, -0.1) is 12.8 Å². The van der Waals surface area contributed by atoms with Crippen molar-refractivity contribution in [3.63, 3.8) is 0 Å². The van der Waals surface area contributed by atoms with Crippen molar-refractivity contribution < 1.29 is 35.6 Å². The molecule has 0 amide bonds. The molecule has 0 radical (unpaired) electrons. The molecule has 0 spiro atoms. The van der Waals surface area contributed by atoms with E-state index in [4.69, 9.17) is 0 Å². The molecule has 2 atom stereocenters.